The van der Waals surface area contributed by atoms with Crippen molar-refractivity contribution in [2.24, 2.45) is 0 Å². The summed E-state index contributed by atoms with van der Waals surface area (Å²) < 4.78 is 24.9. The molecule has 41 heavy (non-hydrogen) atoms. The van der Waals surface area contributed by atoms with Crippen molar-refractivity contribution < 1.29 is 23.4 Å². The molecule has 4 heterocycles. The van der Waals surface area contributed by atoms with Crippen molar-refractivity contribution in [3.8, 4) is 33.5 Å². The highest BCUT2D eigenvalue weighted by Crippen LogP contribution is 2.37. The first-order valence-corrected chi connectivity index (χ1v) is 13.7. The Morgan fingerprint density at radius 1 is 1.10 bits per heavy atom. The van der Waals surface area contributed by atoms with Crippen LogP contribution in [-0.2, 0) is 11.3 Å². The van der Waals surface area contributed by atoms with Gasteiger partial charge in [-0.1, -0.05) is 12.1 Å². The van der Waals surface area contributed by atoms with Gasteiger partial charge in [0, 0.05) is 23.1 Å². The zero-order chi connectivity index (χ0) is 28.7. The van der Waals surface area contributed by atoms with Crippen LogP contribution >= 0.6 is 11.3 Å². The summed E-state index contributed by atoms with van der Waals surface area (Å²) in [4.78, 5) is 25.9. The number of nitrogens with zero attached hydrogens (tertiary/aromatic N) is 5. The quantitative estimate of drug-likeness (QED) is 0.198. The molecule has 0 amide bonds. The predicted octanol–water partition coefficient (Wildman–Crippen LogP) is 6.51. The van der Waals surface area contributed by atoms with E-state index in [2.05, 4.69) is 15.1 Å². The van der Waals surface area contributed by atoms with Gasteiger partial charge < -0.3 is 18.6 Å². The normalized spacial score (nSPS) is 11.7. The van der Waals surface area contributed by atoms with Crippen LogP contribution < -0.4 is 9.47 Å². The Kier molecular flexibility index (Phi) is 6.66. The lowest BCUT2D eigenvalue weighted by atomic mass is 10.1. The zero-order valence-corrected chi connectivity index (χ0v) is 24.0. The van der Waals surface area contributed by atoms with Crippen molar-refractivity contribution >= 4 is 34.1 Å². The van der Waals surface area contributed by atoms with Crippen molar-refractivity contribution in [2.45, 2.75) is 39.9 Å². The fourth-order valence-electron chi connectivity index (χ4n) is 4.18. The summed E-state index contributed by atoms with van der Waals surface area (Å²) >= 11 is 1.50. The monoisotopic (exact) mass is 569 g/mol. The molecule has 208 valence electrons. The van der Waals surface area contributed by atoms with Crippen LogP contribution in [0.5, 0.6) is 11.5 Å². The number of carbonyl (C=O) groups is 1. The molecular weight excluding hydrogens is 542 g/mol. The molecule has 0 unspecified atom stereocenters. The lowest BCUT2D eigenvalue weighted by Crippen LogP contribution is -2.23. The predicted molar refractivity (Wildman–Crippen MR) is 154 cm³/mol. The molecule has 0 N–H and O–H groups in total. The summed E-state index contributed by atoms with van der Waals surface area (Å²) in [5.41, 5.74) is 3.63. The van der Waals surface area contributed by atoms with Crippen LogP contribution in [0.1, 0.15) is 42.5 Å². The third kappa shape index (κ3) is 5.62. The van der Waals surface area contributed by atoms with Gasteiger partial charge in [0.05, 0.1) is 41.8 Å². The minimum Gasteiger partial charge on any atom is -0.496 e. The first-order chi connectivity index (χ1) is 19.6. The number of furan rings is 1. The van der Waals surface area contributed by atoms with Crippen molar-refractivity contribution in [3.05, 3.63) is 77.2 Å². The van der Waals surface area contributed by atoms with Crippen LogP contribution in [0.3, 0.4) is 0 Å². The molecule has 0 fully saturated rings. The number of aromatic nitrogens is 5. The minimum atomic E-state index is -0.547. The number of ether oxygens (including phenoxy) is 3. The van der Waals surface area contributed by atoms with Crippen molar-refractivity contribution in [3.63, 3.8) is 0 Å². The van der Waals surface area contributed by atoms with Crippen molar-refractivity contribution in [1.82, 2.24) is 24.6 Å². The topological polar surface area (TPSA) is 114 Å². The average molecular weight is 570 g/mol. The van der Waals surface area contributed by atoms with E-state index >= 15 is 0 Å². The molecule has 0 bridgehead atoms. The molecular formula is C30H27N5O5S. The van der Waals surface area contributed by atoms with E-state index in [1.54, 1.807) is 36.2 Å². The Morgan fingerprint density at radius 2 is 1.90 bits per heavy atom. The smallest absolute Gasteiger partial charge is 0.338 e. The van der Waals surface area contributed by atoms with Gasteiger partial charge in [0.2, 0.25) is 0 Å². The molecule has 0 aliphatic heterocycles. The van der Waals surface area contributed by atoms with Gasteiger partial charge in [0.1, 0.15) is 40.0 Å². The van der Waals surface area contributed by atoms with Crippen LogP contribution in [0, 0.1) is 6.92 Å². The van der Waals surface area contributed by atoms with Crippen molar-refractivity contribution in [2.75, 3.05) is 7.11 Å². The van der Waals surface area contributed by atoms with Crippen LogP contribution in [-0.4, -0.2) is 43.2 Å². The van der Waals surface area contributed by atoms with E-state index in [1.807, 2.05) is 63.4 Å². The summed E-state index contributed by atoms with van der Waals surface area (Å²) in [6.45, 7) is 7.65. The maximum atomic E-state index is 12.3. The van der Waals surface area contributed by atoms with Crippen LogP contribution in [0.25, 0.3) is 38.8 Å². The molecule has 0 spiro atoms. The van der Waals surface area contributed by atoms with E-state index in [9.17, 15) is 4.79 Å². The Morgan fingerprint density at radius 3 is 2.66 bits per heavy atom. The van der Waals surface area contributed by atoms with E-state index in [0.29, 0.717) is 39.9 Å². The second-order valence-corrected chi connectivity index (χ2v) is 11.3. The SMILES string of the molecule is COc1cc(OCc2csc(-c3ccc(C(=O)OC(C)(C)C)cc3)n2)c2cc(-c3cn4nc(C)cnc4n3)oc2c1. The first-order valence-electron chi connectivity index (χ1n) is 12.9. The second-order valence-electron chi connectivity index (χ2n) is 10.4. The summed E-state index contributed by atoms with van der Waals surface area (Å²) in [5.74, 6) is 1.90. The van der Waals surface area contributed by atoms with Crippen LogP contribution in [0.4, 0.5) is 0 Å². The number of hydrogen-bond donors (Lipinski definition) is 0. The van der Waals surface area contributed by atoms with E-state index in [-0.39, 0.29) is 12.6 Å². The minimum absolute atomic E-state index is 0.247. The molecule has 0 radical (unpaired) electrons. The van der Waals surface area contributed by atoms with E-state index < -0.39 is 5.60 Å². The van der Waals surface area contributed by atoms with Crippen LogP contribution in [0.2, 0.25) is 0 Å². The molecule has 0 aliphatic rings. The highest BCUT2D eigenvalue weighted by atomic mass is 32.1. The largest absolute Gasteiger partial charge is 0.496 e. The number of fused-ring (bicyclic) bond motifs is 2. The fourth-order valence-corrected chi connectivity index (χ4v) is 4.99. The van der Waals surface area contributed by atoms with E-state index in [1.165, 1.54) is 11.3 Å². The zero-order valence-electron chi connectivity index (χ0n) is 23.2. The molecule has 11 heteroatoms. The number of rotatable bonds is 7. The van der Waals surface area contributed by atoms with Gasteiger partial charge in [-0.25, -0.2) is 24.3 Å². The van der Waals surface area contributed by atoms with Gasteiger partial charge in [0.15, 0.2) is 5.76 Å². The Balaban J connectivity index is 1.21. The number of esters is 1. The Labute approximate surface area is 239 Å². The highest BCUT2D eigenvalue weighted by Gasteiger charge is 2.19. The maximum absolute atomic E-state index is 12.3. The number of thiazole rings is 1. The number of methoxy groups -OCH3 is 1. The van der Waals surface area contributed by atoms with Gasteiger partial charge in [-0.05, 0) is 45.9 Å². The standard InChI is InChI=1S/C30H27N5O5S/c1-17-13-31-29-33-23(14-35(29)34-17)26-12-22-24(10-21(37-5)11-25(22)39-26)38-15-20-16-41-27(32-20)18-6-8-19(9-7-18)28(36)40-30(2,3)4/h6-14,16H,15H2,1-5H3. The third-order valence-corrected chi connectivity index (χ3v) is 7.00. The summed E-state index contributed by atoms with van der Waals surface area (Å²) in [6.07, 6.45) is 3.45. The molecule has 10 nitrogen and oxygen atoms in total. The van der Waals surface area contributed by atoms with Gasteiger partial charge in [-0.2, -0.15) is 5.10 Å². The van der Waals surface area contributed by atoms with Gasteiger partial charge >= 0.3 is 5.97 Å². The lowest BCUT2D eigenvalue weighted by molar-refractivity contribution is 0.00695. The number of aryl methyl sites for hydroxylation is 1. The molecule has 0 saturated heterocycles. The number of benzene rings is 2. The number of carbonyl (C=O) groups excluding carboxylic acids is 1. The average Bonchev–Trinajstić information content (AvgIpc) is 3.68. The van der Waals surface area contributed by atoms with Gasteiger partial charge in [-0.15, -0.1) is 11.3 Å². The summed E-state index contributed by atoms with van der Waals surface area (Å²) in [7, 11) is 1.59. The Hall–Kier alpha value is -4.77. The molecule has 2 aromatic carbocycles. The fraction of sp³-hybridized carbons (Fsp3) is 0.233. The molecule has 0 saturated carbocycles. The second kappa shape index (κ2) is 10.3. The first kappa shape index (κ1) is 26.5. The van der Waals surface area contributed by atoms with Crippen LogP contribution in [0.15, 0.2) is 64.7 Å². The molecule has 6 aromatic rings. The van der Waals surface area contributed by atoms with Gasteiger partial charge in [0.25, 0.3) is 5.78 Å². The van der Waals surface area contributed by atoms with E-state index in [0.717, 1.165) is 27.3 Å². The molecule has 0 atom stereocenters. The van der Waals surface area contributed by atoms with Crippen molar-refractivity contribution in [1.29, 1.82) is 0 Å². The molecule has 6 rings (SSSR count). The number of hydrogen-bond acceptors (Lipinski definition) is 10. The van der Waals surface area contributed by atoms with E-state index in [4.69, 9.17) is 23.6 Å². The Bertz CT molecular complexity index is 1880. The third-order valence-electron chi connectivity index (χ3n) is 6.06. The summed E-state index contributed by atoms with van der Waals surface area (Å²) in [5, 5.41) is 7.97. The summed E-state index contributed by atoms with van der Waals surface area (Å²) in [6, 6.07) is 12.8. The lowest BCUT2D eigenvalue weighted by Gasteiger charge is -2.19. The molecule has 4 aromatic heterocycles. The molecule has 0 aliphatic carbocycles. The van der Waals surface area contributed by atoms with Gasteiger partial charge in [-0.3, -0.25) is 0 Å². The highest BCUT2D eigenvalue weighted by molar-refractivity contribution is 7.13. The maximum Gasteiger partial charge on any atom is 0.338 e. The number of imidazole rings is 1.